The Balaban J connectivity index is 1.96. The summed E-state index contributed by atoms with van der Waals surface area (Å²) >= 11 is 1.86. The summed E-state index contributed by atoms with van der Waals surface area (Å²) < 4.78 is 6.83. The molecule has 1 aromatic carbocycles. The first kappa shape index (κ1) is 13.4. The molecule has 1 unspecified atom stereocenters. The van der Waals surface area contributed by atoms with E-state index >= 15 is 0 Å². The van der Waals surface area contributed by atoms with Gasteiger partial charge in [0.05, 0.1) is 6.20 Å². The Morgan fingerprint density at radius 3 is 2.80 bits per heavy atom. The number of hydrogen-bond acceptors (Lipinski definition) is 3. The summed E-state index contributed by atoms with van der Waals surface area (Å²) in [7, 11) is 0. The molecule has 1 atom stereocenters. The summed E-state index contributed by atoms with van der Waals surface area (Å²) in [5.74, 6) is 1.89. The van der Waals surface area contributed by atoms with E-state index < -0.39 is 0 Å². The number of rotatable bonds is 4. The van der Waals surface area contributed by atoms with E-state index in [0.29, 0.717) is 11.8 Å². The summed E-state index contributed by atoms with van der Waals surface area (Å²) in [6, 6.07) is 6.64. The zero-order valence-electron chi connectivity index (χ0n) is 12.1. The zero-order chi connectivity index (χ0) is 14.1. The molecular weight excluding hydrogens is 266 g/mol. The zero-order valence-corrected chi connectivity index (χ0v) is 12.9. The van der Waals surface area contributed by atoms with Gasteiger partial charge in [0.25, 0.3) is 0 Å². The summed E-state index contributed by atoms with van der Waals surface area (Å²) in [5, 5.41) is 3.71. The van der Waals surface area contributed by atoms with Crippen LogP contribution in [0, 0.1) is 0 Å². The number of nitrogens with zero attached hydrogens (tertiary/aromatic N) is 1. The van der Waals surface area contributed by atoms with Crippen LogP contribution in [0.15, 0.2) is 40.6 Å². The van der Waals surface area contributed by atoms with Crippen LogP contribution in [0.25, 0.3) is 10.1 Å². The van der Waals surface area contributed by atoms with Crippen molar-refractivity contribution in [3.05, 3.63) is 53.1 Å². The minimum Gasteiger partial charge on any atom is -0.448 e. The number of fused-ring (bicyclic) bond motifs is 1. The van der Waals surface area contributed by atoms with Crippen molar-refractivity contribution in [2.24, 2.45) is 0 Å². The fraction of sp³-hybridized carbons (Fsp3) is 0.353. The standard InChI is InChI=1S/C17H19NOS/c1-11(2)15-9-20-17-13(5-4-6-14(15)17)7-12(3)16-8-18-10-19-16/h4-6,8-12H,7H2,1-3H3. The molecule has 2 heterocycles. The Labute approximate surface area is 123 Å². The highest BCUT2D eigenvalue weighted by Crippen LogP contribution is 2.35. The molecule has 0 fully saturated rings. The lowest BCUT2D eigenvalue weighted by Gasteiger charge is -2.10. The van der Waals surface area contributed by atoms with E-state index in [1.807, 2.05) is 17.5 Å². The lowest BCUT2D eigenvalue weighted by Crippen LogP contribution is -1.97. The minimum atomic E-state index is 0.354. The monoisotopic (exact) mass is 285 g/mol. The molecule has 2 aromatic heterocycles. The number of thiophene rings is 1. The van der Waals surface area contributed by atoms with E-state index in [9.17, 15) is 0 Å². The number of hydrogen-bond donors (Lipinski definition) is 0. The van der Waals surface area contributed by atoms with Crippen LogP contribution in [-0.4, -0.2) is 4.98 Å². The average Bonchev–Trinajstić information content (AvgIpc) is 3.08. The molecule has 3 rings (SSSR count). The molecule has 104 valence electrons. The van der Waals surface area contributed by atoms with Crippen molar-refractivity contribution in [2.75, 3.05) is 0 Å². The maximum atomic E-state index is 5.42. The maximum Gasteiger partial charge on any atom is 0.180 e. The molecule has 20 heavy (non-hydrogen) atoms. The normalized spacial score (nSPS) is 13.2. The predicted molar refractivity (Wildman–Crippen MR) is 84.5 cm³/mol. The van der Waals surface area contributed by atoms with Crippen molar-refractivity contribution < 1.29 is 4.42 Å². The number of aromatic nitrogens is 1. The Kier molecular flexibility index (Phi) is 3.62. The minimum absolute atomic E-state index is 0.354. The second kappa shape index (κ2) is 5.41. The van der Waals surface area contributed by atoms with Crippen molar-refractivity contribution in [1.29, 1.82) is 0 Å². The number of benzene rings is 1. The van der Waals surface area contributed by atoms with Crippen LogP contribution in [0.1, 0.15) is 49.5 Å². The molecule has 2 nitrogen and oxygen atoms in total. The topological polar surface area (TPSA) is 26.0 Å². The summed E-state index contributed by atoms with van der Waals surface area (Å²) in [4.78, 5) is 4.01. The van der Waals surface area contributed by atoms with Crippen LogP contribution in [0.4, 0.5) is 0 Å². The number of oxazole rings is 1. The third-order valence-electron chi connectivity index (χ3n) is 3.80. The van der Waals surface area contributed by atoms with Gasteiger partial charge in [-0.1, -0.05) is 39.0 Å². The lowest BCUT2D eigenvalue weighted by atomic mass is 9.96. The third kappa shape index (κ3) is 2.38. The summed E-state index contributed by atoms with van der Waals surface area (Å²) in [6.45, 7) is 6.70. The summed E-state index contributed by atoms with van der Waals surface area (Å²) in [5.41, 5.74) is 2.86. The van der Waals surface area contributed by atoms with E-state index in [0.717, 1.165) is 12.2 Å². The van der Waals surface area contributed by atoms with Gasteiger partial charge in [-0.15, -0.1) is 11.3 Å². The molecule has 0 N–H and O–H groups in total. The van der Waals surface area contributed by atoms with E-state index in [4.69, 9.17) is 4.42 Å². The highest BCUT2D eigenvalue weighted by atomic mass is 32.1. The van der Waals surface area contributed by atoms with Gasteiger partial charge in [-0.3, -0.25) is 0 Å². The first-order valence-corrected chi connectivity index (χ1v) is 7.92. The fourth-order valence-corrected chi connectivity index (χ4v) is 3.90. The van der Waals surface area contributed by atoms with Gasteiger partial charge in [0.1, 0.15) is 5.76 Å². The fourth-order valence-electron chi connectivity index (χ4n) is 2.64. The molecule has 0 saturated carbocycles. The van der Waals surface area contributed by atoms with Crippen molar-refractivity contribution in [1.82, 2.24) is 4.98 Å². The first-order valence-electron chi connectivity index (χ1n) is 7.04. The van der Waals surface area contributed by atoms with Crippen LogP contribution in [0.3, 0.4) is 0 Å². The van der Waals surface area contributed by atoms with E-state index in [2.05, 4.69) is 49.3 Å². The first-order chi connectivity index (χ1) is 9.66. The molecule has 0 aliphatic carbocycles. The molecular formula is C17H19NOS. The van der Waals surface area contributed by atoms with Crippen LogP contribution in [-0.2, 0) is 6.42 Å². The summed E-state index contributed by atoms with van der Waals surface area (Å²) in [6.07, 6.45) is 4.32. The van der Waals surface area contributed by atoms with E-state index in [-0.39, 0.29) is 0 Å². The second-order valence-electron chi connectivity index (χ2n) is 5.65. The van der Waals surface area contributed by atoms with Crippen molar-refractivity contribution in [3.63, 3.8) is 0 Å². The van der Waals surface area contributed by atoms with Crippen LogP contribution in [0.5, 0.6) is 0 Å². The quantitative estimate of drug-likeness (QED) is 0.645. The van der Waals surface area contributed by atoms with Crippen molar-refractivity contribution >= 4 is 21.4 Å². The SMILES string of the molecule is CC(C)c1csc2c(CC(C)c3cnco3)cccc12. The Morgan fingerprint density at radius 1 is 1.25 bits per heavy atom. The Bertz CT molecular complexity index is 697. The van der Waals surface area contributed by atoms with Gasteiger partial charge in [0.2, 0.25) is 0 Å². The van der Waals surface area contributed by atoms with E-state index in [1.165, 1.54) is 27.6 Å². The Morgan fingerprint density at radius 2 is 2.10 bits per heavy atom. The van der Waals surface area contributed by atoms with Crippen LogP contribution >= 0.6 is 11.3 Å². The Hall–Kier alpha value is -1.61. The molecule has 0 amide bonds. The van der Waals surface area contributed by atoms with Gasteiger partial charge in [-0.25, -0.2) is 4.98 Å². The predicted octanol–water partition coefficient (Wildman–Crippen LogP) is 5.36. The molecule has 0 spiro atoms. The van der Waals surface area contributed by atoms with E-state index in [1.54, 1.807) is 0 Å². The molecule has 0 radical (unpaired) electrons. The average molecular weight is 285 g/mol. The maximum absolute atomic E-state index is 5.42. The highest BCUT2D eigenvalue weighted by Gasteiger charge is 2.14. The third-order valence-corrected chi connectivity index (χ3v) is 4.89. The van der Waals surface area contributed by atoms with Crippen molar-refractivity contribution in [2.45, 2.75) is 39.0 Å². The molecule has 0 saturated heterocycles. The van der Waals surface area contributed by atoms with Gasteiger partial charge in [0, 0.05) is 10.6 Å². The van der Waals surface area contributed by atoms with Gasteiger partial charge in [-0.2, -0.15) is 0 Å². The molecule has 0 bridgehead atoms. The highest BCUT2D eigenvalue weighted by molar-refractivity contribution is 7.17. The molecule has 0 aliphatic heterocycles. The van der Waals surface area contributed by atoms with Crippen LogP contribution in [0.2, 0.25) is 0 Å². The van der Waals surface area contributed by atoms with Crippen molar-refractivity contribution in [3.8, 4) is 0 Å². The van der Waals surface area contributed by atoms with Crippen LogP contribution < -0.4 is 0 Å². The molecule has 3 aromatic rings. The van der Waals surface area contributed by atoms with Gasteiger partial charge in [0.15, 0.2) is 6.39 Å². The second-order valence-corrected chi connectivity index (χ2v) is 6.53. The largest absolute Gasteiger partial charge is 0.448 e. The van der Waals surface area contributed by atoms with Gasteiger partial charge < -0.3 is 4.42 Å². The lowest BCUT2D eigenvalue weighted by molar-refractivity contribution is 0.470. The van der Waals surface area contributed by atoms with Gasteiger partial charge in [-0.05, 0) is 34.2 Å². The molecule has 0 aliphatic rings. The smallest absolute Gasteiger partial charge is 0.180 e. The van der Waals surface area contributed by atoms with Gasteiger partial charge >= 0.3 is 0 Å². The molecule has 3 heteroatoms.